The first-order chi connectivity index (χ1) is 15.7. The van der Waals surface area contributed by atoms with E-state index in [4.69, 9.17) is 4.74 Å². The molecule has 2 N–H and O–H groups in total. The van der Waals surface area contributed by atoms with Gasteiger partial charge in [-0.1, -0.05) is 48.5 Å². The number of anilines is 2. The lowest BCUT2D eigenvalue weighted by molar-refractivity contribution is -0.914. The minimum atomic E-state index is -0.162. The quantitative estimate of drug-likeness (QED) is 0.657. The van der Waals surface area contributed by atoms with Crippen LogP contribution in [0.15, 0.2) is 78.9 Å². The second kappa shape index (κ2) is 9.45. The molecule has 0 bridgehead atoms. The molecule has 1 atom stereocenters. The second-order valence-electron chi connectivity index (χ2n) is 8.76. The van der Waals surface area contributed by atoms with Gasteiger partial charge in [0, 0.05) is 16.9 Å². The van der Waals surface area contributed by atoms with Crippen molar-refractivity contribution in [1.82, 2.24) is 0 Å². The molecule has 0 aromatic heterocycles. The van der Waals surface area contributed by atoms with Crippen LogP contribution in [0.1, 0.15) is 11.1 Å². The Morgan fingerprint density at radius 2 is 1.66 bits per heavy atom. The van der Waals surface area contributed by atoms with E-state index in [1.807, 2.05) is 36.4 Å². The number of nitrogens with one attached hydrogen (secondary N) is 2. The number of fused-ring (bicyclic) bond motifs is 1. The number of para-hydroxylation sites is 1. The summed E-state index contributed by atoms with van der Waals surface area (Å²) in [6.45, 7) is 5.89. The number of hydrogen-bond acceptors (Lipinski definition) is 3. The minimum Gasteiger partial charge on any atom is -0.492 e. The molecule has 3 aromatic rings. The number of ether oxygens (including phenoxy) is 1. The fourth-order valence-corrected chi connectivity index (χ4v) is 4.64. The highest BCUT2D eigenvalue weighted by Crippen LogP contribution is 2.27. The second-order valence-corrected chi connectivity index (χ2v) is 8.76. The summed E-state index contributed by atoms with van der Waals surface area (Å²) in [5.74, 6) is 0.752. The first-order valence-electron chi connectivity index (χ1n) is 11.5. The van der Waals surface area contributed by atoms with Crippen molar-refractivity contribution in [3.8, 4) is 5.75 Å². The highest BCUT2D eigenvalue weighted by molar-refractivity contribution is 5.93. The molecule has 1 fully saturated rings. The van der Waals surface area contributed by atoms with Gasteiger partial charge in [-0.05, 0) is 42.3 Å². The van der Waals surface area contributed by atoms with Crippen molar-refractivity contribution in [3.63, 3.8) is 0 Å². The van der Waals surface area contributed by atoms with Crippen LogP contribution in [-0.4, -0.2) is 38.7 Å². The van der Waals surface area contributed by atoms with Crippen molar-refractivity contribution < 1.29 is 14.4 Å². The molecule has 0 unspecified atom stereocenters. The summed E-state index contributed by atoms with van der Waals surface area (Å²) in [6, 6.07) is 26.9. The van der Waals surface area contributed by atoms with Crippen molar-refractivity contribution >= 4 is 17.3 Å². The zero-order chi connectivity index (χ0) is 21.8. The molecular weight excluding hydrogens is 398 g/mol. The Bertz CT molecular complexity index is 1040. The van der Waals surface area contributed by atoms with Crippen LogP contribution in [0.5, 0.6) is 5.75 Å². The molecule has 5 heteroatoms. The number of carbonyl (C=O) groups is 1. The maximum Gasteiger partial charge on any atom is 0.231 e. The summed E-state index contributed by atoms with van der Waals surface area (Å²) in [6.07, 6.45) is 0.718. The van der Waals surface area contributed by atoms with Crippen molar-refractivity contribution in [2.45, 2.75) is 13.0 Å². The zero-order valence-electron chi connectivity index (χ0n) is 18.3. The minimum absolute atomic E-state index is 0.0189. The summed E-state index contributed by atoms with van der Waals surface area (Å²) < 4.78 is 5.77. The van der Waals surface area contributed by atoms with Gasteiger partial charge in [-0.25, -0.2) is 0 Å². The molecule has 2 aliphatic rings. The average molecular weight is 429 g/mol. The monoisotopic (exact) mass is 428 g/mol. The van der Waals surface area contributed by atoms with Gasteiger partial charge >= 0.3 is 0 Å². The van der Waals surface area contributed by atoms with Crippen molar-refractivity contribution in [2.75, 3.05) is 43.0 Å². The maximum absolute atomic E-state index is 12.7. The van der Waals surface area contributed by atoms with E-state index in [9.17, 15) is 4.79 Å². The van der Waals surface area contributed by atoms with E-state index < -0.39 is 0 Å². The first kappa shape index (κ1) is 20.6. The number of piperazine rings is 1. The highest BCUT2D eigenvalue weighted by atomic mass is 16.5. The number of benzene rings is 3. The zero-order valence-corrected chi connectivity index (χ0v) is 18.3. The van der Waals surface area contributed by atoms with Gasteiger partial charge in [0.2, 0.25) is 5.91 Å². The Kier molecular flexibility index (Phi) is 6.08. The summed E-state index contributed by atoms with van der Waals surface area (Å²) >= 11 is 0. The van der Waals surface area contributed by atoms with Crippen molar-refractivity contribution in [2.24, 2.45) is 5.92 Å². The van der Waals surface area contributed by atoms with Crippen LogP contribution in [0.2, 0.25) is 0 Å². The topological polar surface area (TPSA) is 46.0 Å². The predicted molar refractivity (Wildman–Crippen MR) is 127 cm³/mol. The molecule has 5 rings (SSSR count). The van der Waals surface area contributed by atoms with Gasteiger partial charge in [-0.3, -0.25) is 4.79 Å². The molecule has 0 radical (unpaired) electrons. The highest BCUT2D eigenvalue weighted by Gasteiger charge is 2.26. The number of carbonyl (C=O) groups excluding carboxylic acids is 1. The largest absolute Gasteiger partial charge is 0.492 e. The molecule has 1 saturated heterocycles. The average Bonchev–Trinajstić information content (AvgIpc) is 2.85. The molecule has 2 heterocycles. The van der Waals surface area contributed by atoms with Crippen LogP contribution in [0, 0.1) is 5.92 Å². The van der Waals surface area contributed by atoms with E-state index in [0.29, 0.717) is 6.61 Å². The molecule has 0 aliphatic carbocycles. The molecular formula is C27H30N3O2+. The van der Waals surface area contributed by atoms with Crippen LogP contribution in [0.25, 0.3) is 0 Å². The summed E-state index contributed by atoms with van der Waals surface area (Å²) in [7, 11) is 0. The Hall–Kier alpha value is -3.31. The molecule has 2 aliphatic heterocycles. The third-order valence-corrected chi connectivity index (χ3v) is 6.52. The summed E-state index contributed by atoms with van der Waals surface area (Å²) in [4.78, 5) is 16.8. The van der Waals surface area contributed by atoms with Gasteiger partial charge in [0.25, 0.3) is 0 Å². The lowest BCUT2D eigenvalue weighted by Gasteiger charge is -2.33. The molecule has 164 valence electrons. The van der Waals surface area contributed by atoms with E-state index in [1.54, 1.807) is 4.90 Å². The van der Waals surface area contributed by atoms with Gasteiger partial charge in [0.15, 0.2) is 0 Å². The van der Waals surface area contributed by atoms with E-state index in [1.165, 1.54) is 11.3 Å². The number of rotatable bonds is 5. The fourth-order valence-electron chi connectivity index (χ4n) is 4.64. The van der Waals surface area contributed by atoms with Gasteiger partial charge in [0.1, 0.15) is 18.9 Å². The molecule has 32 heavy (non-hydrogen) atoms. The van der Waals surface area contributed by atoms with E-state index >= 15 is 0 Å². The molecule has 0 saturated carbocycles. The van der Waals surface area contributed by atoms with Crippen LogP contribution in [0.4, 0.5) is 11.4 Å². The maximum atomic E-state index is 12.7. The first-order valence-corrected chi connectivity index (χ1v) is 11.5. The smallest absolute Gasteiger partial charge is 0.231 e. The van der Waals surface area contributed by atoms with Crippen LogP contribution in [-0.2, 0) is 17.8 Å². The Balaban J connectivity index is 1.13. The molecule has 1 amide bonds. The third kappa shape index (κ3) is 4.78. The molecule has 0 spiro atoms. The fraction of sp³-hybridized carbons (Fsp3) is 0.296. The number of amides is 1. The van der Waals surface area contributed by atoms with Crippen LogP contribution >= 0.6 is 0 Å². The standard InChI is InChI=1S/C27H29N3O2/c31-27(23-18-22-8-4-5-9-26(22)32-20-23)28-24-10-12-25(13-11-24)30-16-14-29(15-17-30)19-21-6-2-1-3-7-21/h1-13,23H,14-20H2,(H,28,31)/p+1/t23-/m1/s1. The van der Waals surface area contributed by atoms with E-state index in [-0.39, 0.29) is 11.8 Å². The van der Waals surface area contributed by atoms with Crippen molar-refractivity contribution in [1.29, 1.82) is 0 Å². The van der Waals surface area contributed by atoms with Gasteiger partial charge < -0.3 is 19.9 Å². The van der Waals surface area contributed by atoms with Crippen molar-refractivity contribution in [3.05, 3.63) is 90.0 Å². The predicted octanol–water partition coefficient (Wildman–Crippen LogP) is 2.78. The van der Waals surface area contributed by atoms with Gasteiger partial charge in [-0.2, -0.15) is 0 Å². The van der Waals surface area contributed by atoms with Gasteiger partial charge in [-0.15, -0.1) is 0 Å². The SMILES string of the molecule is O=C(Nc1ccc(N2CC[NH+](Cc3ccccc3)CC2)cc1)[C@H]1COc2ccccc2C1. The van der Waals surface area contributed by atoms with E-state index in [2.05, 4.69) is 52.7 Å². The number of quaternary nitrogens is 1. The van der Waals surface area contributed by atoms with Crippen LogP contribution in [0.3, 0.4) is 0 Å². The third-order valence-electron chi connectivity index (χ3n) is 6.52. The Labute approximate surface area is 189 Å². The lowest BCUT2D eigenvalue weighted by Crippen LogP contribution is -3.13. The molecule has 5 nitrogen and oxygen atoms in total. The van der Waals surface area contributed by atoms with Crippen LogP contribution < -0.4 is 19.9 Å². The Morgan fingerprint density at radius 1 is 0.938 bits per heavy atom. The van der Waals surface area contributed by atoms with E-state index in [0.717, 1.165) is 56.1 Å². The summed E-state index contributed by atoms with van der Waals surface area (Å²) in [5, 5.41) is 3.07. The van der Waals surface area contributed by atoms with Gasteiger partial charge in [0.05, 0.1) is 32.1 Å². The number of nitrogens with zero attached hydrogens (tertiary/aromatic N) is 1. The normalized spacial score (nSPS) is 18.5. The molecule has 3 aromatic carbocycles. The summed E-state index contributed by atoms with van der Waals surface area (Å²) in [5.41, 5.74) is 4.56. The Morgan fingerprint density at radius 3 is 2.44 bits per heavy atom. The number of hydrogen-bond donors (Lipinski definition) is 2. The lowest BCUT2D eigenvalue weighted by atomic mass is 9.96.